The summed E-state index contributed by atoms with van der Waals surface area (Å²) in [5, 5.41) is 6.65. The van der Waals surface area contributed by atoms with Crippen LogP contribution in [0.15, 0.2) is 59.1 Å². The van der Waals surface area contributed by atoms with Crippen LogP contribution in [0, 0.1) is 12.8 Å². The summed E-state index contributed by atoms with van der Waals surface area (Å²) in [6.07, 6.45) is 2.47. The Hall–Kier alpha value is -3.88. The topological polar surface area (TPSA) is 99.9 Å². The molecule has 0 spiro atoms. The van der Waals surface area contributed by atoms with Crippen molar-refractivity contribution in [1.82, 2.24) is 5.16 Å². The Morgan fingerprint density at radius 3 is 2.58 bits per heavy atom. The third-order valence-electron chi connectivity index (χ3n) is 6.02. The molecule has 2 aromatic carbocycles. The second-order valence-corrected chi connectivity index (χ2v) is 8.60. The third-order valence-corrected chi connectivity index (χ3v) is 6.02. The first-order valence-electron chi connectivity index (χ1n) is 12.0. The van der Waals surface area contributed by atoms with Crippen molar-refractivity contribution in [1.29, 1.82) is 0 Å². The number of aryl methyl sites for hydroxylation is 1. The molecule has 2 atom stereocenters. The van der Waals surface area contributed by atoms with E-state index < -0.39 is 6.09 Å². The monoisotopic (exact) mass is 487 g/mol. The Balaban J connectivity index is 1.39. The molecule has 1 amide bonds. The predicted molar refractivity (Wildman–Crippen MR) is 136 cm³/mol. The summed E-state index contributed by atoms with van der Waals surface area (Å²) >= 11 is 0. The van der Waals surface area contributed by atoms with Gasteiger partial charge in [-0.05, 0) is 32.6 Å². The third kappa shape index (κ3) is 6.21. The molecule has 0 bridgehead atoms. The van der Waals surface area contributed by atoms with Crippen LogP contribution in [0.5, 0.6) is 5.75 Å². The number of ether oxygens (including phenoxy) is 3. The van der Waals surface area contributed by atoms with Crippen LogP contribution in [-0.2, 0) is 14.3 Å². The van der Waals surface area contributed by atoms with Gasteiger partial charge < -0.3 is 4.74 Å². The number of anilines is 1. The van der Waals surface area contributed by atoms with Crippen molar-refractivity contribution in [3.05, 3.63) is 65.9 Å². The molecule has 4 rings (SSSR count). The summed E-state index contributed by atoms with van der Waals surface area (Å²) in [6.45, 7) is 3.92. The summed E-state index contributed by atoms with van der Waals surface area (Å²) in [5.74, 6) is 0.795. The van der Waals surface area contributed by atoms with Crippen LogP contribution in [0.3, 0.4) is 0 Å². The number of carbonyl (C=O) groups excluding carboxylic acids is 2. The molecule has 3 aromatic rings. The number of hydrogen-bond donors (Lipinski definition) is 1. The SMILES string of the molecule is [B]=C(OC(=O)Nc1c(C)noc1-c1ccc(OC2CCCC(C(=O)OCC)C2)cc1)c1ccccc1. The number of amides is 1. The Morgan fingerprint density at radius 2 is 1.86 bits per heavy atom. The van der Waals surface area contributed by atoms with Gasteiger partial charge in [0.1, 0.15) is 0 Å². The number of nitrogens with one attached hydrogen (secondary N) is 1. The first-order valence-corrected chi connectivity index (χ1v) is 12.0. The van der Waals surface area contributed by atoms with Gasteiger partial charge in [-0.2, -0.15) is 0 Å². The van der Waals surface area contributed by atoms with Crippen molar-refractivity contribution in [2.75, 3.05) is 11.9 Å². The molecule has 36 heavy (non-hydrogen) atoms. The summed E-state index contributed by atoms with van der Waals surface area (Å²) in [5.41, 5.74) is 2.16. The van der Waals surface area contributed by atoms with Gasteiger partial charge in [0.05, 0.1) is 12.5 Å². The number of esters is 1. The summed E-state index contributed by atoms with van der Waals surface area (Å²) in [7, 11) is 5.90. The minimum atomic E-state index is -0.752. The molecule has 1 saturated carbocycles. The molecule has 1 aromatic heterocycles. The molecule has 1 heterocycles. The van der Waals surface area contributed by atoms with Gasteiger partial charge in [0.15, 0.2) is 0 Å². The normalized spacial score (nSPS) is 17.1. The first-order chi connectivity index (χ1) is 17.4. The van der Waals surface area contributed by atoms with Crippen molar-refractivity contribution in [3.63, 3.8) is 0 Å². The molecule has 1 aliphatic rings. The molecule has 0 aliphatic heterocycles. The van der Waals surface area contributed by atoms with Crippen molar-refractivity contribution in [2.24, 2.45) is 5.92 Å². The van der Waals surface area contributed by atoms with Gasteiger partial charge in [-0.15, -0.1) is 0 Å². The predicted octanol–water partition coefficient (Wildman–Crippen LogP) is 5.05. The van der Waals surface area contributed by atoms with E-state index in [1.807, 2.05) is 37.3 Å². The number of nitrogens with zero attached hydrogens (tertiary/aromatic N) is 1. The molecule has 9 heteroatoms. The van der Waals surface area contributed by atoms with Crippen LogP contribution in [0.2, 0.25) is 0 Å². The van der Waals surface area contributed by atoms with Crippen LogP contribution >= 0.6 is 0 Å². The van der Waals surface area contributed by atoms with Crippen LogP contribution in [0.25, 0.3) is 11.3 Å². The molecule has 8 nitrogen and oxygen atoms in total. The van der Waals surface area contributed by atoms with Crippen molar-refractivity contribution < 1.29 is 28.3 Å². The molecule has 1 N–H and O–H groups in total. The number of hydrogen-bond acceptors (Lipinski definition) is 7. The zero-order valence-electron chi connectivity index (χ0n) is 20.4. The van der Waals surface area contributed by atoms with Gasteiger partial charge >= 0.3 is 156 Å². The van der Waals surface area contributed by atoms with Crippen molar-refractivity contribution in [2.45, 2.75) is 45.6 Å². The van der Waals surface area contributed by atoms with Crippen LogP contribution in [0.1, 0.15) is 43.9 Å². The average Bonchev–Trinajstić information content (AvgIpc) is 3.25. The van der Waals surface area contributed by atoms with Gasteiger partial charge in [0, 0.05) is 0 Å². The van der Waals surface area contributed by atoms with Gasteiger partial charge in [-0.25, -0.2) is 0 Å². The van der Waals surface area contributed by atoms with E-state index in [4.69, 9.17) is 26.2 Å². The summed E-state index contributed by atoms with van der Waals surface area (Å²) < 4.78 is 22.0. The van der Waals surface area contributed by atoms with E-state index in [0.29, 0.717) is 47.0 Å². The molecule has 0 saturated heterocycles. The number of carbonyl (C=O) groups is 2. The Morgan fingerprint density at radius 1 is 1.11 bits per heavy atom. The van der Waals surface area contributed by atoms with Crippen LogP contribution < -0.4 is 10.1 Å². The number of benzene rings is 2. The fourth-order valence-corrected chi connectivity index (χ4v) is 4.21. The Bertz CT molecular complexity index is 1210. The standard InChI is InChI=1S/C27H28BN2O6/c1-3-33-26(31)20-10-7-11-22(16-20)34-21-14-12-18(13-15-21)24-23(17(2)30-36-24)29-27(32)35-25(28)19-8-5-4-6-9-19/h4-6,8-9,12-15,20,22H,3,7,10-11,16H2,1-2H3,(H,29,32). The molecular weight excluding hydrogens is 459 g/mol. The number of aromatic nitrogens is 1. The van der Waals surface area contributed by atoms with Gasteiger partial charge in [0.2, 0.25) is 0 Å². The second kappa shape index (κ2) is 11.7. The van der Waals surface area contributed by atoms with E-state index in [0.717, 1.165) is 19.3 Å². The molecule has 1 aliphatic carbocycles. The molecular formula is C27H28BN2O6. The van der Waals surface area contributed by atoms with Crippen LogP contribution in [0.4, 0.5) is 10.5 Å². The van der Waals surface area contributed by atoms with Crippen molar-refractivity contribution in [3.8, 4) is 17.1 Å². The fourth-order valence-electron chi connectivity index (χ4n) is 4.21. The maximum absolute atomic E-state index is 12.5. The van der Waals surface area contributed by atoms with E-state index >= 15 is 0 Å². The Kier molecular flexibility index (Phi) is 8.20. The van der Waals surface area contributed by atoms with Crippen molar-refractivity contribution >= 4 is 30.9 Å². The van der Waals surface area contributed by atoms with E-state index in [1.54, 1.807) is 31.2 Å². The van der Waals surface area contributed by atoms with E-state index in [-0.39, 0.29) is 23.6 Å². The van der Waals surface area contributed by atoms with E-state index in [1.165, 1.54) is 0 Å². The zero-order valence-corrected chi connectivity index (χ0v) is 20.4. The van der Waals surface area contributed by atoms with Gasteiger partial charge in [-0.3, -0.25) is 4.79 Å². The summed E-state index contributed by atoms with van der Waals surface area (Å²) in [6, 6.07) is 16.2. The molecule has 185 valence electrons. The molecule has 1 fully saturated rings. The summed E-state index contributed by atoms with van der Waals surface area (Å²) in [4.78, 5) is 24.6. The average molecular weight is 487 g/mol. The zero-order chi connectivity index (χ0) is 25.5. The number of rotatable bonds is 8. The van der Waals surface area contributed by atoms with Crippen LogP contribution in [-0.4, -0.2) is 43.1 Å². The van der Waals surface area contributed by atoms with E-state index in [9.17, 15) is 9.59 Å². The molecule has 2 unspecified atom stereocenters. The van der Waals surface area contributed by atoms with Gasteiger partial charge in [-0.1, -0.05) is 0 Å². The quantitative estimate of drug-likeness (QED) is 0.351. The van der Waals surface area contributed by atoms with Gasteiger partial charge in [0.25, 0.3) is 0 Å². The minimum absolute atomic E-state index is 0.0156. The Labute approximate surface area is 211 Å². The molecule has 1 radical (unpaired) electrons. The maximum atomic E-state index is 12.5. The fraction of sp³-hybridized carbons (Fsp3) is 0.333. The van der Waals surface area contributed by atoms with E-state index in [2.05, 4.69) is 10.5 Å². The first kappa shape index (κ1) is 25.2. The second-order valence-electron chi connectivity index (χ2n) is 8.60.